The van der Waals surface area contributed by atoms with Crippen LogP contribution in [0.5, 0.6) is 0 Å². The van der Waals surface area contributed by atoms with Gasteiger partial charge in [-0.3, -0.25) is 0 Å². The molecule has 1 saturated carbocycles. The van der Waals surface area contributed by atoms with Crippen molar-refractivity contribution >= 4 is 0 Å². The van der Waals surface area contributed by atoms with Gasteiger partial charge in [-0.15, -0.1) is 0 Å². The van der Waals surface area contributed by atoms with Crippen LogP contribution in [0.4, 0.5) is 0 Å². The molecular formula is C16H32N2O. The summed E-state index contributed by atoms with van der Waals surface area (Å²) in [7, 11) is 1.84. The van der Waals surface area contributed by atoms with Gasteiger partial charge >= 0.3 is 0 Å². The molecule has 19 heavy (non-hydrogen) atoms. The zero-order valence-corrected chi connectivity index (χ0v) is 12.9. The monoisotopic (exact) mass is 268 g/mol. The Morgan fingerprint density at radius 1 is 1.00 bits per heavy atom. The van der Waals surface area contributed by atoms with Gasteiger partial charge in [0.1, 0.15) is 0 Å². The van der Waals surface area contributed by atoms with Crippen molar-refractivity contribution < 1.29 is 4.74 Å². The average molecular weight is 268 g/mol. The van der Waals surface area contributed by atoms with Crippen molar-refractivity contribution in [2.45, 2.75) is 51.9 Å². The van der Waals surface area contributed by atoms with Gasteiger partial charge in [0.2, 0.25) is 0 Å². The summed E-state index contributed by atoms with van der Waals surface area (Å²) in [6, 6.07) is 0. The van der Waals surface area contributed by atoms with E-state index in [4.69, 9.17) is 4.74 Å². The molecule has 1 saturated heterocycles. The van der Waals surface area contributed by atoms with Crippen LogP contribution in [0.1, 0.15) is 51.9 Å². The lowest BCUT2D eigenvalue weighted by atomic mass is 9.75. The van der Waals surface area contributed by atoms with Crippen molar-refractivity contribution in [1.29, 1.82) is 0 Å². The van der Waals surface area contributed by atoms with Gasteiger partial charge in [0, 0.05) is 25.6 Å². The van der Waals surface area contributed by atoms with Crippen LogP contribution in [0, 0.1) is 10.8 Å². The maximum Gasteiger partial charge on any atom is 0.0531 e. The highest BCUT2D eigenvalue weighted by Crippen LogP contribution is 2.35. The highest BCUT2D eigenvalue weighted by molar-refractivity contribution is 4.88. The van der Waals surface area contributed by atoms with Crippen LogP contribution in [-0.4, -0.2) is 39.9 Å². The largest absolute Gasteiger partial charge is 0.384 e. The molecule has 0 radical (unpaired) electrons. The van der Waals surface area contributed by atoms with Crippen molar-refractivity contribution in [1.82, 2.24) is 10.6 Å². The van der Waals surface area contributed by atoms with E-state index in [0.29, 0.717) is 10.8 Å². The highest BCUT2D eigenvalue weighted by Gasteiger charge is 2.33. The number of ether oxygens (including phenoxy) is 1. The minimum atomic E-state index is 0.366. The fourth-order valence-electron chi connectivity index (χ4n) is 3.85. The fourth-order valence-corrected chi connectivity index (χ4v) is 3.85. The fraction of sp³-hybridized carbons (Fsp3) is 1.00. The van der Waals surface area contributed by atoms with Gasteiger partial charge in [-0.25, -0.2) is 0 Å². The lowest BCUT2D eigenvalue weighted by Gasteiger charge is -2.39. The molecule has 2 fully saturated rings. The van der Waals surface area contributed by atoms with Gasteiger partial charge in [0.15, 0.2) is 0 Å². The Morgan fingerprint density at radius 2 is 1.68 bits per heavy atom. The van der Waals surface area contributed by atoms with Crippen molar-refractivity contribution in [3.8, 4) is 0 Å². The third-order valence-electron chi connectivity index (χ3n) is 5.23. The number of rotatable bonds is 6. The Balaban J connectivity index is 1.78. The molecule has 2 aliphatic rings. The van der Waals surface area contributed by atoms with Crippen molar-refractivity contribution in [3.63, 3.8) is 0 Å². The first-order valence-electron chi connectivity index (χ1n) is 8.09. The summed E-state index contributed by atoms with van der Waals surface area (Å²) in [5, 5.41) is 7.25. The molecule has 3 heteroatoms. The Kier molecular flexibility index (Phi) is 5.67. The molecular weight excluding hydrogens is 236 g/mol. The average Bonchev–Trinajstić information content (AvgIpc) is 2.40. The first kappa shape index (κ1) is 15.3. The third-order valence-corrected chi connectivity index (χ3v) is 5.23. The number of methoxy groups -OCH3 is 1. The SMILES string of the molecule is COCC1(CNCC2(C)CCCCC2)CCNCC1. The van der Waals surface area contributed by atoms with Crippen LogP contribution in [-0.2, 0) is 4.74 Å². The van der Waals surface area contributed by atoms with E-state index >= 15 is 0 Å². The van der Waals surface area contributed by atoms with Gasteiger partial charge in [-0.1, -0.05) is 26.2 Å². The van der Waals surface area contributed by atoms with E-state index in [9.17, 15) is 0 Å². The van der Waals surface area contributed by atoms with Crippen molar-refractivity contribution in [3.05, 3.63) is 0 Å². The molecule has 3 nitrogen and oxygen atoms in total. The molecule has 2 N–H and O–H groups in total. The second-order valence-corrected chi connectivity index (χ2v) is 7.16. The second-order valence-electron chi connectivity index (χ2n) is 7.16. The zero-order valence-electron chi connectivity index (χ0n) is 12.9. The van der Waals surface area contributed by atoms with E-state index < -0.39 is 0 Å². The predicted octanol–water partition coefficient (Wildman–Crippen LogP) is 2.56. The van der Waals surface area contributed by atoms with Crippen molar-refractivity contribution in [2.24, 2.45) is 10.8 Å². The summed E-state index contributed by atoms with van der Waals surface area (Å²) >= 11 is 0. The van der Waals surface area contributed by atoms with Crippen LogP contribution in [0.3, 0.4) is 0 Å². The molecule has 0 spiro atoms. The first-order chi connectivity index (χ1) is 9.18. The Labute approximate surface area is 118 Å². The molecule has 0 unspecified atom stereocenters. The number of piperidine rings is 1. The van der Waals surface area contributed by atoms with Gasteiger partial charge < -0.3 is 15.4 Å². The normalized spacial score (nSPS) is 26.2. The topological polar surface area (TPSA) is 33.3 Å². The lowest BCUT2D eigenvalue weighted by Crippen LogP contribution is -2.47. The van der Waals surface area contributed by atoms with Gasteiger partial charge in [0.05, 0.1) is 6.61 Å². The molecule has 0 aromatic carbocycles. The molecule has 112 valence electrons. The first-order valence-corrected chi connectivity index (χ1v) is 8.09. The van der Waals surface area contributed by atoms with Crippen LogP contribution < -0.4 is 10.6 Å². The molecule has 0 aromatic rings. The summed E-state index contributed by atoms with van der Waals surface area (Å²) in [4.78, 5) is 0. The zero-order chi connectivity index (χ0) is 13.6. The smallest absolute Gasteiger partial charge is 0.0531 e. The predicted molar refractivity (Wildman–Crippen MR) is 80.5 cm³/mol. The van der Waals surface area contributed by atoms with E-state index in [-0.39, 0.29) is 0 Å². The Bertz CT molecular complexity index is 250. The molecule has 0 aromatic heterocycles. The molecule has 0 bridgehead atoms. The van der Waals surface area contributed by atoms with E-state index in [1.807, 2.05) is 7.11 Å². The summed E-state index contributed by atoms with van der Waals surface area (Å²) in [5.41, 5.74) is 0.907. The van der Waals surface area contributed by atoms with E-state index in [1.54, 1.807) is 0 Å². The summed E-state index contributed by atoms with van der Waals surface area (Å²) in [6.45, 7) is 7.96. The Hall–Kier alpha value is -0.120. The van der Waals surface area contributed by atoms with Crippen molar-refractivity contribution in [2.75, 3.05) is 39.9 Å². The summed E-state index contributed by atoms with van der Waals surface area (Å²) in [6.07, 6.45) is 9.57. The maximum absolute atomic E-state index is 5.48. The number of hydrogen-bond acceptors (Lipinski definition) is 3. The maximum atomic E-state index is 5.48. The van der Waals surface area contributed by atoms with Crippen LogP contribution in [0.25, 0.3) is 0 Å². The quantitative estimate of drug-likeness (QED) is 0.777. The summed E-state index contributed by atoms with van der Waals surface area (Å²) in [5.74, 6) is 0. The molecule has 0 atom stereocenters. The van der Waals surface area contributed by atoms with E-state index in [1.165, 1.54) is 51.5 Å². The standard InChI is InChI=1S/C16H32N2O/c1-15(6-4-3-5-7-15)12-18-13-16(14-19-2)8-10-17-11-9-16/h17-18H,3-14H2,1-2H3. The van der Waals surface area contributed by atoms with E-state index in [0.717, 1.165) is 26.2 Å². The molecule has 0 amide bonds. The minimum absolute atomic E-state index is 0.366. The Morgan fingerprint density at radius 3 is 2.32 bits per heavy atom. The lowest BCUT2D eigenvalue weighted by molar-refractivity contribution is 0.0502. The van der Waals surface area contributed by atoms with Gasteiger partial charge in [-0.05, 0) is 44.2 Å². The molecule has 1 aliphatic carbocycles. The van der Waals surface area contributed by atoms with Crippen LogP contribution in [0.2, 0.25) is 0 Å². The molecule has 2 rings (SSSR count). The number of nitrogens with one attached hydrogen (secondary N) is 2. The minimum Gasteiger partial charge on any atom is -0.384 e. The molecule has 1 aliphatic heterocycles. The van der Waals surface area contributed by atoms with E-state index in [2.05, 4.69) is 17.6 Å². The van der Waals surface area contributed by atoms with Gasteiger partial charge in [0.25, 0.3) is 0 Å². The summed E-state index contributed by atoms with van der Waals surface area (Å²) < 4.78 is 5.48. The molecule has 1 heterocycles. The van der Waals surface area contributed by atoms with Crippen LogP contribution >= 0.6 is 0 Å². The van der Waals surface area contributed by atoms with Gasteiger partial charge in [-0.2, -0.15) is 0 Å². The number of hydrogen-bond donors (Lipinski definition) is 2. The van der Waals surface area contributed by atoms with Crippen LogP contribution in [0.15, 0.2) is 0 Å². The third kappa shape index (κ3) is 4.44. The second kappa shape index (κ2) is 7.05. The highest BCUT2D eigenvalue weighted by atomic mass is 16.5.